The molecule has 6 nitrogen and oxygen atoms in total. The molecule has 0 atom stereocenters. The van der Waals surface area contributed by atoms with E-state index in [1.54, 1.807) is 12.1 Å². The number of alkyl halides is 2. The van der Waals surface area contributed by atoms with Gasteiger partial charge in [0.25, 0.3) is 0 Å². The summed E-state index contributed by atoms with van der Waals surface area (Å²) in [7, 11) is 0. The number of carbonyl (C=O) groups is 1. The zero-order valence-corrected chi connectivity index (χ0v) is 15.9. The quantitative estimate of drug-likeness (QED) is 0.594. The lowest BCUT2D eigenvalue weighted by Crippen LogP contribution is -2.14. The number of carbonyl (C=O) groups excluding carboxylic acids is 1. The summed E-state index contributed by atoms with van der Waals surface area (Å²) in [5.74, 6) is 1.20. The van der Waals surface area contributed by atoms with Gasteiger partial charge in [-0.2, -0.15) is 8.78 Å². The number of aryl methyl sites for hydroxylation is 2. The molecule has 0 fully saturated rings. The number of nitrogens with zero attached hydrogens (tertiary/aromatic N) is 1. The topological polar surface area (TPSA) is 73.6 Å². The Labute approximate surface area is 166 Å². The highest BCUT2D eigenvalue weighted by Gasteiger charge is 2.10. The van der Waals surface area contributed by atoms with E-state index in [1.807, 2.05) is 26.0 Å². The number of hydrogen-bond acceptors (Lipinski definition) is 5. The maximum absolute atomic E-state index is 12.2. The first-order chi connectivity index (χ1) is 13.9. The molecule has 29 heavy (non-hydrogen) atoms. The van der Waals surface area contributed by atoms with Gasteiger partial charge in [0.15, 0.2) is 0 Å². The van der Waals surface area contributed by atoms with Crippen LogP contribution in [-0.4, -0.2) is 17.7 Å². The van der Waals surface area contributed by atoms with Crippen LogP contribution in [0.25, 0.3) is 0 Å². The first kappa shape index (κ1) is 20.3. The van der Waals surface area contributed by atoms with Crippen LogP contribution in [-0.2, 0) is 17.8 Å². The average Bonchev–Trinajstić information content (AvgIpc) is 3.00. The van der Waals surface area contributed by atoms with E-state index in [0.29, 0.717) is 18.0 Å². The van der Waals surface area contributed by atoms with Gasteiger partial charge in [0.2, 0.25) is 5.91 Å². The molecular weight excluding hydrogens is 382 g/mol. The SMILES string of the molecule is Cc1noc(C)c1COc1ccc(CC(=O)Nc2ccc(OC(F)F)cc2)cc1. The molecule has 3 aromatic rings. The van der Waals surface area contributed by atoms with Gasteiger partial charge in [0.05, 0.1) is 17.7 Å². The number of amides is 1. The number of benzene rings is 2. The Hall–Kier alpha value is -3.42. The maximum Gasteiger partial charge on any atom is 0.387 e. The third-order valence-electron chi connectivity index (χ3n) is 4.22. The van der Waals surface area contributed by atoms with Gasteiger partial charge < -0.3 is 19.3 Å². The van der Waals surface area contributed by atoms with E-state index >= 15 is 0 Å². The fourth-order valence-electron chi connectivity index (χ4n) is 2.68. The van der Waals surface area contributed by atoms with Crippen LogP contribution in [0.1, 0.15) is 22.6 Å². The smallest absolute Gasteiger partial charge is 0.387 e. The van der Waals surface area contributed by atoms with E-state index in [0.717, 1.165) is 22.6 Å². The Kier molecular flexibility index (Phi) is 6.43. The maximum atomic E-state index is 12.2. The summed E-state index contributed by atoms with van der Waals surface area (Å²) in [5, 5.41) is 6.60. The second-order valence-electron chi connectivity index (χ2n) is 6.36. The van der Waals surface area contributed by atoms with Gasteiger partial charge in [-0.25, -0.2) is 0 Å². The van der Waals surface area contributed by atoms with Crippen molar-refractivity contribution in [3.8, 4) is 11.5 Å². The standard InChI is InChI=1S/C21H20F2N2O4/c1-13-19(14(2)29-25-13)12-27-17-7-3-15(4-8-17)11-20(26)24-16-5-9-18(10-6-16)28-21(22)23/h3-10,21H,11-12H2,1-2H3,(H,24,26). The predicted octanol–water partition coefficient (Wildman–Crippen LogP) is 4.65. The molecule has 0 radical (unpaired) electrons. The molecule has 1 aromatic heterocycles. The molecule has 1 heterocycles. The Morgan fingerprint density at radius 1 is 1.07 bits per heavy atom. The van der Waals surface area contributed by atoms with Crippen molar-refractivity contribution in [3.63, 3.8) is 0 Å². The third kappa shape index (κ3) is 5.78. The van der Waals surface area contributed by atoms with Crippen LogP contribution in [0, 0.1) is 13.8 Å². The number of rotatable bonds is 8. The number of nitrogens with one attached hydrogen (secondary N) is 1. The van der Waals surface area contributed by atoms with Gasteiger partial charge in [0, 0.05) is 5.69 Å². The molecule has 1 N–H and O–H groups in total. The van der Waals surface area contributed by atoms with Gasteiger partial charge in [-0.3, -0.25) is 4.79 Å². The second kappa shape index (κ2) is 9.18. The largest absolute Gasteiger partial charge is 0.489 e. The third-order valence-corrected chi connectivity index (χ3v) is 4.22. The fraction of sp³-hybridized carbons (Fsp3) is 0.238. The van der Waals surface area contributed by atoms with Crippen LogP contribution >= 0.6 is 0 Å². The van der Waals surface area contributed by atoms with Crippen molar-refractivity contribution in [2.24, 2.45) is 0 Å². The minimum Gasteiger partial charge on any atom is -0.489 e. The molecule has 8 heteroatoms. The second-order valence-corrected chi connectivity index (χ2v) is 6.36. The molecule has 2 aromatic carbocycles. The molecule has 0 saturated carbocycles. The van der Waals surface area contributed by atoms with Gasteiger partial charge in [-0.1, -0.05) is 17.3 Å². The molecule has 0 aliphatic rings. The summed E-state index contributed by atoms with van der Waals surface area (Å²) >= 11 is 0. The number of anilines is 1. The predicted molar refractivity (Wildman–Crippen MR) is 102 cm³/mol. The van der Waals surface area contributed by atoms with Gasteiger partial charge in [-0.15, -0.1) is 0 Å². The fourth-order valence-corrected chi connectivity index (χ4v) is 2.68. The molecular formula is C21H20F2N2O4. The summed E-state index contributed by atoms with van der Waals surface area (Å²) in [6.07, 6.45) is 0.166. The Morgan fingerprint density at radius 2 is 1.72 bits per heavy atom. The Morgan fingerprint density at radius 3 is 2.31 bits per heavy atom. The Balaban J connectivity index is 1.50. The van der Waals surface area contributed by atoms with E-state index < -0.39 is 6.61 Å². The van der Waals surface area contributed by atoms with E-state index in [1.165, 1.54) is 24.3 Å². The van der Waals surface area contributed by atoms with Crippen LogP contribution in [0.5, 0.6) is 11.5 Å². The highest BCUT2D eigenvalue weighted by molar-refractivity contribution is 5.92. The average molecular weight is 402 g/mol. The Bertz CT molecular complexity index is 934. The highest BCUT2D eigenvalue weighted by atomic mass is 19.3. The summed E-state index contributed by atoms with van der Waals surface area (Å²) in [5.41, 5.74) is 3.02. The van der Waals surface area contributed by atoms with E-state index in [4.69, 9.17) is 9.26 Å². The van der Waals surface area contributed by atoms with E-state index in [2.05, 4.69) is 15.2 Å². The molecule has 0 bridgehead atoms. The molecule has 0 saturated heterocycles. The summed E-state index contributed by atoms with van der Waals surface area (Å²) < 4.78 is 39.4. The molecule has 3 rings (SSSR count). The van der Waals surface area contributed by atoms with Gasteiger partial charge in [-0.05, 0) is 55.8 Å². The van der Waals surface area contributed by atoms with Crippen LogP contribution in [0.15, 0.2) is 53.1 Å². The van der Waals surface area contributed by atoms with Crippen molar-refractivity contribution in [2.45, 2.75) is 33.5 Å². The first-order valence-corrected chi connectivity index (χ1v) is 8.89. The number of aromatic nitrogens is 1. The number of halogens is 2. The van der Waals surface area contributed by atoms with E-state index in [9.17, 15) is 13.6 Å². The monoisotopic (exact) mass is 402 g/mol. The molecule has 0 unspecified atom stereocenters. The van der Waals surface area contributed by atoms with Crippen molar-refractivity contribution in [1.82, 2.24) is 5.16 Å². The van der Waals surface area contributed by atoms with Crippen molar-refractivity contribution in [2.75, 3.05) is 5.32 Å². The summed E-state index contributed by atoms with van der Waals surface area (Å²) in [6.45, 7) is 1.16. The lowest BCUT2D eigenvalue weighted by atomic mass is 10.1. The number of hydrogen-bond donors (Lipinski definition) is 1. The van der Waals surface area contributed by atoms with Crippen LogP contribution in [0.3, 0.4) is 0 Å². The van der Waals surface area contributed by atoms with Crippen molar-refractivity contribution in [3.05, 3.63) is 71.1 Å². The van der Waals surface area contributed by atoms with E-state index in [-0.39, 0.29) is 18.1 Å². The number of ether oxygens (including phenoxy) is 2. The van der Waals surface area contributed by atoms with Crippen LogP contribution in [0.4, 0.5) is 14.5 Å². The lowest BCUT2D eigenvalue weighted by Gasteiger charge is -2.09. The molecule has 152 valence electrons. The van der Waals surface area contributed by atoms with Crippen LogP contribution in [0.2, 0.25) is 0 Å². The zero-order chi connectivity index (χ0) is 20.8. The molecule has 0 aliphatic carbocycles. The molecule has 0 spiro atoms. The van der Waals surface area contributed by atoms with Crippen molar-refractivity contribution < 1.29 is 27.6 Å². The summed E-state index contributed by atoms with van der Waals surface area (Å²) in [4.78, 5) is 12.2. The van der Waals surface area contributed by atoms with Crippen LogP contribution < -0.4 is 14.8 Å². The lowest BCUT2D eigenvalue weighted by molar-refractivity contribution is -0.115. The first-order valence-electron chi connectivity index (χ1n) is 8.89. The normalized spacial score (nSPS) is 10.8. The molecule has 1 amide bonds. The minimum atomic E-state index is -2.88. The van der Waals surface area contributed by atoms with Crippen molar-refractivity contribution in [1.29, 1.82) is 0 Å². The van der Waals surface area contributed by atoms with Gasteiger partial charge in [0.1, 0.15) is 23.9 Å². The highest BCUT2D eigenvalue weighted by Crippen LogP contribution is 2.20. The van der Waals surface area contributed by atoms with Crippen molar-refractivity contribution >= 4 is 11.6 Å². The summed E-state index contributed by atoms with van der Waals surface area (Å²) in [6, 6.07) is 12.9. The zero-order valence-electron chi connectivity index (χ0n) is 15.9. The molecule has 0 aliphatic heterocycles. The van der Waals surface area contributed by atoms with Gasteiger partial charge >= 0.3 is 6.61 Å². The minimum absolute atomic E-state index is 0.0326.